The van der Waals surface area contributed by atoms with Crippen LogP contribution in [0.4, 0.5) is 0 Å². The summed E-state index contributed by atoms with van der Waals surface area (Å²) < 4.78 is 0. The summed E-state index contributed by atoms with van der Waals surface area (Å²) in [7, 11) is 14.9. The Hall–Kier alpha value is 0.838. The minimum atomic E-state index is -1.85. The van der Waals surface area contributed by atoms with Crippen LogP contribution in [0.2, 0.25) is 0 Å². The van der Waals surface area contributed by atoms with Crippen molar-refractivity contribution in [3.05, 3.63) is 21.6 Å². The zero-order valence-electron chi connectivity index (χ0n) is 6.15. The van der Waals surface area contributed by atoms with Crippen molar-refractivity contribution in [2.24, 2.45) is 5.34 Å². The molecule has 0 aromatic heterocycles. The van der Waals surface area contributed by atoms with E-state index >= 15 is 0 Å². The molecule has 0 rings (SSSR count). The molecule has 0 unspecified atom stereocenters. The molecule has 0 aromatic carbocycles. The zero-order chi connectivity index (χ0) is 11.3. The second-order valence-corrected chi connectivity index (χ2v) is 11.1. The summed E-state index contributed by atoms with van der Waals surface area (Å²) in [6.07, 6.45) is -0.731. The van der Waals surface area contributed by atoms with Gasteiger partial charge in [0.05, 0.1) is 0 Å². The Morgan fingerprint density at radius 1 is 1.46 bits per heavy atom. The normalized spacial score (nSPS) is 9.00. The molecular weight excluding hydrogens is 427 g/mol. The first kappa shape index (κ1) is 19.4. The van der Waals surface area contributed by atoms with Gasteiger partial charge in [-0.15, -0.1) is 18.4 Å². The van der Waals surface area contributed by atoms with Gasteiger partial charge in [-0.05, 0) is 0 Å². The van der Waals surface area contributed by atoms with E-state index in [2.05, 4.69) is 0 Å². The number of nitrogens with one attached hydrogen (secondary N) is 2. The van der Waals surface area contributed by atoms with Gasteiger partial charge in [0, 0.05) is 8.96 Å². The smallest absolute Gasteiger partial charge is 0.0162 e. The Balaban J connectivity index is -0.0000000332. The van der Waals surface area contributed by atoms with Crippen LogP contribution < -0.4 is 0 Å². The fraction of sp³-hybridized carbons (Fsp3) is 1.00. The van der Waals surface area contributed by atoms with E-state index in [0.717, 1.165) is 5.34 Å². The number of hydrogen-bond acceptors (Lipinski definition) is 4. The summed E-state index contributed by atoms with van der Waals surface area (Å²) in [5.41, 5.74) is 12.9. The monoisotopic (exact) mass is 438 g/mol. The third-order valence-electron chi connectivity index (χ3n) is 0.471. The zero-order valence-corrected chi connectivity index (χ0v) is 10.7. The summed E-state index contributed by atoms with van der Waals surface area (Å²) in [5, 5.41) is 17.3. The molecule has 0 amide bonds. The van der Waals surface area contributed by atoms with Crippen molar-refractivity contribution in [3.63, 3.8) is 0 Å². The average Bonchev–Trinajstić information content (AvgIpc) is 2.03. The van der Waals surface area contributed by atoms with Crippen molar-refractivity contribution < 1.29 is 22.1 Å². The second-order valence-electron chi connectivity index (χ2n) is 1.27. The third kappa shape index (κ3) is 64.4. The molecule has 0 saturated carbocycles. The molecular formula is C3H12Cl3N3O3Pt-3. The molecule has 6 nitrogen and oxygen atoms in total. The maximum absolute atomic E-state index is 8.29. The maximum atomic E-state index is 8.29. The predicted octanol–water partition coefficient (Wildman–Crippen LogP) is 3.26. The summed E-state index contributed by atoms with van der Waals surface area (Å²) in [4.78, 5) is 8.00. The second kappa shape index (κ2) is 18.6. The third-order valence-corrected chi connectivity index (χ3v) is 0.471. The SMILES string of the molecule is O=N[O-].[Cl][Pt]([Cl])[Cl].[HH].[HH].[NH-]CC(O)C[NH-]. The number of nitrogens with zero attached hydrogens (tertiary/aromatic N) is 1. The molecule has 0 fully saturated rings. The van der Waals surface area contributed by atoms with Crippen molar-refractivity contribution >= 4 is 28.3 Å². The Morgan fingerprint density at radius 3 is 1.62 bits per heavy atom. The first-order chi connectivity index (χ1) is 5.95. The topological polar surface area (TPSA) is 120 Å². The quantitative estimate of drug-likeness (QED) is 0.525. The van der Waals surface area contributed by atoms with E-state index in [-0.39, 0.29) is 15.9 Å². The number of aliphatic hydroxyl groups excluding tert-OH is 1. The Kier molecular flexibility index (Phi) is 27.8. The molecule has 0 spiro atoms. The van der Waals surface area contributed by atoms with Gasteiger partial charge in [0.25, 0.3) is 0 Å². The van der Waals surface area contributed by atoms with E-state index < -0.39 is 20.3 Å². The van der Waals surface area contributed by atoms with Gasteiger partial charge in [-0.1, -0.05) is 0 Å². The number of halogens is 3. The molecule has 0 radical (unpaired) electrons. The first-order valence-electron chi connectivity index (χ1n) is 2.51. The van der Waals surface area contributed by atoms with E-state index in [1.807, 2.05) is 0 Å². The summed E-state index contributed by atoms with van der Waals surface area (Å²) in [5.74, 6) is 0. The van der Waals surface area contributed by atoms with Crippen molar-refractivity contribution in [2.45, 2.75) is 6.10 Å². The molecule has 0 aromatic rings. The summed E-state index contributed by atoms with van der Waals surface area (Å²) in [6, 6.07) is 0. The number of hydrogen-bond donors (Lipinski definition) is 1. The largest absolute Gasteiger partial charge is 0.675 e. The average molecular weight is 440 g/mol. The fourth-order valence-corrected chi connectivity index (χ4v) is 0.0722. The summed E-state index contributed by atoms with van der Waals surface area (Å²) in [6.45, 7) is -0.104. The molecule has 0 saturated heterocycles. The molecule has 0 aliphatic rings. The van der Waals surface area contributed by atoms with Crippen molar-refractivity contribution in [1.29, 1.82) is 0 Å². The Bertz CT molecular complexity index is 103. The van der Waals surface area contributed by atoms with Crippen LogP contribution >= 0.6 is 28.3 Å². The maximum Gasteiger partial charge on any atom is 0.0162 e. The van der Waals surface area contributed by atoms with Crippen LogP contribution in [-0.2, 0) is 14.2 Å². The van der Waals surface area contributed by atoms with Gasteiger partial charge >= 0.3 is 42.4 Å². The summed E-state index contributed by atoms with van der Waals surface area (Å²) >= 11 is -1.85. The van der Waals surface area contributed by atoms with Gasteiger partial charge in [0.15, 0.2) is 0 Å². The van der Waals surface area contributed by atoms with Crippen molar-refractivity contribution in [3.8, 4) is 0 Å². The number of aliphatic hydroxyl groups is 1. The van der Waals surface area contributed by atoms with E-state index in [4.69, 9.17) is 54.9 Å². The molecule has 91 valence electrons. The van der Waals surface area contributed by atoms with E-state index in [1.54, 1.807) is 0 Å². The van der Waals surface area contributed by atoms with Crippen LogP contribution in [0, 0.1) is 10.1 Å². The first-order valence-corrected chi connectivity index (χ1v) is 11.0. The fourth-order valence-electron chi connectivity index (χ4n) is 0.0722. The molecule has 0 aliphatic heterocycles. The molecule has 0 atom stereocenters. The Labute approximate surface area is 96.4 Å². The van der Waals surface area contributed by atoms with E-state index in [9.17, 15) is 0 Å². The molecule has 0 heterocycles. The van der Waals surface area contributed by atoms with E-state index in [1.165, 1.54) is 0 Å². The van der Waals surface area contributed by atoms with Gasteiger partial charge in [-0.3, -0.25) is 0 Å². The van der Waals surface area contributed by atoms with E-state index in [0.29, 0.717) is 0 Å². The molecule has 13 heavy (non-hydrogen) atoms. The molecule has 10 heteroatoms. The van der Waals surface area contributed by atoms with Crippen LogP contribution in [0.1, 0.15) is 2.85 Å². The van der Waals surface area contributed by atoms with Crippen LogP contribution in [0.15, 0.2) is 5.34 Å². The van der Waals surface area contributed by atoms with Crippen LogP contribution in [0.5, 0.6) is 0 Å². The van der Waals surface area contributed by atoms with Gasteiger partial charge in [-0.25, -0.2) is 0 Å². The van der Waals surface area contributed by atoms with Crippen molar-refractivity contribution in [1.82, 2.24) is 0 Å². The standard InChI is InChI=1S/C3H8N2O.3ClH.HNO2.Pt.2H2/c4-1-3(6)2-5;;;;2-1-3;;;/h3-6H,1-2H2;3*1H;(H,2,3);;2*1H/q-2;;;;;+3;;/p-4. The number of rotatable bonds is 2. The van der Waals surface area contributed by atoms with Gasteiger partial charge in [0.1, 0.15) is 0 Å². The molecule has 0 aliphatic carbocycles. The van der Waals surface area contributed by atoms with Crippen molar-refractivity contribution in [2.75, 3.05) is 13.1 Å². The molecule has 3 N–H and O–H groups in total. The van der Waals surface area contributed by atoms with Crippen LogP contribution in [0.3, 0.4) is 0 Å². The van der Waals surface area contributed by atoms with Crippen LogP contribution in [0.25, 0.3) is 11.5 Å². The van der Waals surface area contributed by atoms with Gasteiger partial charge in [0.2, 0.25) is 0 Å². The minimum absolute atomic E-state index is 0. The van der Waals surface area contributed by atoms with Gasteiger partial charge in [-0.2, -0.15) is 0 Å². The molecule has 0 bridgehead atoms. The predicted molar refractivity (Wildman–Crippen MR) is 55.3 cm³/mol. The van der Waals surface area contributed by atoms with Gasteiger partial charge < -0.3 is 26.7 Å². The minimum Gasteiger partial charge on any atom is -0.675 e. The Morgan fingerprint density at radius 2 is 1.62 bits per heavy atom. The van der Waals surface area contributed by atoms with Crippen LogP contribution in [-0.4, -0.2) is 24.3 Å².